The molecule has 1 aromatic rings. The summed E-state index contributed by atoms with van der Waals surface area (Å²) in [5, 5.41) is 1.93. The summed E-state index contributed by atoms with van der Waals surface area (Å²) in [4.78, 5) is 12.0. The molecule has 80 valence electrons. The summed E-state index contributed by atoms with van der Waals surface area (Å²) < 4.78 is 0. The van der Waals surface area contributed by atoms with E-state index in [1.54, 1.807) is 11.8 Å². The fourth-order valence-corrected chi connectivity index (χ4v) is 1.80. The van der Waals surface area contributed by atoms with E-state index in [-0.39, 0.29) is 11.7 Å². The summed E-state index contributed by atoms with van der Waals surface area (Å²) in [6.07, 6.45) is 1.97. The first-order valence-corrected chi connectivity index (χ1v) is 6.28. The standard InChI is InChI=1S/C13H16OS/c1-10(2)13(14)12(9-15-3)11-7-5-4-6-8-11/h4-10H,1-3H3/b12-9+. The minimum absolute atomic E-state index is 0.0450. The average molecular weight is 220 g/mol. The predicted molar refractivity (Wildman–Crippen MR) is 67.8 cm³/mol. The minimum atomic E-state index is 0.0450. The predicted octanol–water partition coefficient (Wildman–Crippen LogP) is 3.62. The van der Waals surface area contributed by atoms with Crippen molar-refractivity contribution in [3.8, 4) is 0 Å². The highest BCUT2D eigenvalue weighted by Gasteiger charge is 2.14. The van der Waals surface area contributed by atoms with Gasteiger partial charge in [0.05, 0.1) is 0 Å². The van der Waals surface area contributed by atoms with Crippen molar-refractivity contribution in [3.63, 3.8) is 0 Å². The van der Waals surface area contributed by atoms with E-state index in [0.717, 1.165) is 11.1 Å². The van der Waals surface area contributed by atoms with Gasteiger partial charge in [-0.3, -0.25) is 4.79 Å². The van der Waals surface area contributed by atoms with Crippen LogP contribution in [0.5, 0.6) is 0 Å². The molecule has 0 spiro atoms. The lowest BCUT2D eigenvalue weighted by molar-refractivity contribution is -0.116. The quantitative estimate of drug-likeness (QED) is 0.721. The smallest absolute Gasteiger partial charge is 0.166 e. The Bertz CT molecular complexity index is 352. The van der Waals surface area contributed by atoms with Crippen LogP contribution in [-0.2, 0) is 4.79 Å². The third-order valence-electron chi connectivity index (χ3n) is 2.11. The zero-order chi connectivity index (χ0) is 11.3. The lowest BCUT2D eigenvalue weighted by Gasteiger charge is -2.08. The summed E-state index contributed by atoms with van der Waals surface area (Å²) in [5.74, 6) is 0.249. The van der Waals surface area contributed by atoms with Crippen molar-refractivity contribution in [3.05, 3.63) is 41.3 Å². The van der Waals surface area contributed by atoms with E-state index >= 15 is 0 Å². The van der Waals surface area contributed by atoms with Gasteiger partial charge in [0.15, 0.2) is 5.78 Å². The maximum absolute atomic E-state index is 12.0. The van der Waals surface area contributed by atoms with Crippen molar-refractivity contribution in [1.82, 2.24) is 0 Å². The Kier molecular flexibility index (Phi) is 4.63. The Balaban J connectivity index is 3.05. The first-order chi connectivity index (χ1) is 7.16. The first kappa shape index (κ1) is 12.1. The molecular weight excluding hydrogens is 204 g/mol. The number of hydrogen-bond donors (Lipinski definition) is 0. The molecule has 2 heteroatoms. The third-order valence-corrected chi connectivity index (χ3v) is 2.58. The number of benzene rings is 1. The molecule has 0 fully saturated rings. The van der Waals surface area contributed by atoms with E-state index < -0.39 is 0 Å². The van der Waals surface area contributed by atoms with Gasteiger partial charge in [-0.25, -0.2) is 0 Å². The molecule has 15 heavy (non-hydrogen) atoms. The van der Waals surface area contributed by atoms with Crippen molar-refractivity contribution in [2.24, 2.45) is 5.92 Å². The molecule has 0 heterocycles. The van der Waals surface area contributed by atoms with Gasteiger partial charge in [-0.1, -0.05) is 44.2 Å². The van der Waals surface area contributed by atoms with Crippen molar-refractivity contribution in [2.45, 2.75) is 13.8 Å². The van der Waals surface area contributed by atoms with E-state index in [1.807, 2.05) is 55.8 Å². The molecule has 0 aliphatic heterocycles. The molecule has 0 atom stereocenters. The Hall–Kier alpha value is -1.02. The highest BCUT2D eigenvalue weighted by Crippen LogP contribution is 2.21. The minimum Gasteiger partial charge on any atom is -0.294 e. The van der Waals surface area contributed by atoms with Gasteiger partial charge >= 0.3 is 0 Å². The van der Waals surface area contributed by atoms with Crippen LogP contribution in [0.2, 0.25) is 0 Å². The monoisotopic (exact) mass is 220 g/mol. The van der Waals surface area contributed by atoms with E-state index in [4.69, 9.17) is 0 Å². The fraction of sp³-hybridized carbons (Fsp3) is 0.308. The zero-order valence-corrected chi connectivity index (χ0v) is 10.2. The highest BCUT2D eigenvalue weighted by molar-refractivity contribution is 8.01. The van der Waals surface area contributed by atoms with Crippen LogP contribution in [0.15, 0.2) is 35.7 Å². The molecule has 0 N–H and O–H groups in total. The van der Waals surface area contributed by atoms with Gasteiger partial charge in [0.2, 0.25) is 0 Å². The lowest BCUT2D eigenvalue weighted by Crippen LogP contribution is -2.09. The second-order valence-electron chi connectivity index (χ2n) is 3.65. The molecule has 1 nitrogen and oxygen atoms in total. The van der Waals surface area contributed by atoms with Crippen LogP contribution < -0.4 is 0 Å². The fourth-order valence-electron chi connectivity index (χ4n) is 1.31. The molecule has 1 rings (SSSR count). The molecule has 0 radical (unpaired) electrons. The van der Waals surface area contributed by atoms with Gasteiger partial charge < -0.3 is 0 Å². The van der Waals surface area contributed by atoms with E-state index in [1.165, 1.54) is 0 Å². The molecule has 0 amide bonds. The second-order valence-corrected chi connectivity index (χ2v) is 4.36. The Labute approximate surface area is 95.6 Å². The number of rotatable bonds is 4. The Morgan fingerprint density at radius 2 is 1.87 bits per heavy atom. The van der Waals surface area contributed by atoms with Crippen LogP contribution >= 0.6 is 11.8 Å². The van der Waals surface area contributed by atoms with Gasteiger partial charge in [-0.15, -0.1) is 11.8 Å². The summed E-state index contributed by atoms with van der Waals surface area (Å²) in [5.41, 5.74) is 1.82. The van der Waals surface area contributed by atoms with Crippen molar-refractivity contribution < 1.29 is 4.79 Å². The number of hydrogen-bond acceptors (Lipinski definition) is 2. The Morgan fingerprint density at radius 1 is 1.27 bits per heavy atom. The maximum atomic E-state index is 12.0. The summed E-state index contributed by atoms with van der Waals surface area (Å²) in [6.45, 7) is 3.86. The molecular formula is C13H16OS. The molecule has 1 aromatic carbocycles. The Morgan fingerprint density at radius 3 is 2.33 bits per heavy atom. The first-order valence-electron chi connectivity index (χ1n) is 4.99. The largest absolute Gasteiger partial charge is 0.294 e. The second kappa shape index (κ2) is 5.76. The van der Waals surface area contributed by atoms with Crippen molar-refractivity contribution in [1.29, 1.82) is 0 Å². The number of carbonyl (C=O) groups is 1. The summed E-state index contributed by atoms with van der Waals surface area (Å²) >= 11 is 1.57. The number of carbonyl (C=O) groups excluding carboxylic acids is 1. The van der Waals surface area contributed by atoms with Gasteiger partial charge in [0.1, 0.15) is 0 Å². The normalized spacial score (nSPS) is 11.9. The van der Waals surface area contributed by atoms with Gasteiger partial charge in [0, 0.05) is 11.5 Å². The van der Waals surface area contributed by atoms with Crippen LogP contribution in [0.1, 0.15) is 19.4 Å². The van der Waals surface area contributed by atoms with E-state index in [2.05, 4.69) is 0 Å². The van der Waals surface area contributed by atoms with Crippen LogP contribution in [0, 0.1) is 5.92 Å². The number of allylic oxidation sites excluding steroid dienone is 1. The SMILES string of the molecule is CS/C=C(/C(=O)C(C)C)c1ccccc1. The topological polar surface area (TPSA) is 17.1 Å². The van der Waals surface area contributed by atoms with Crippen LogP contribution in [-0.4, -0.2) is 12.0 Å². The van der Waals surface area contributed by atoms with Gasteiger partial charge in [-0.2, -0.15) is 0 Å². The number of ketones is 1. The lowest BCUT2D eigenvalue weighted by atomic mass is 9.96. The molecule has 0 saturated heterocycles. The molecule has 0 aliphatic carbocycles. The van der Waals surface area contributed by atoms with E-state index in [9.17, 15) is 4.79 Å². The highest BCUT2D eigenvalue weighted by atomic mass is 32.2. The van der Waals surface area contributed by atoms with Crippen LogP contribution in [0.4, 0.5) is 0 Å². The van der Waals surface area contributed by atoms with E-state index in [0.29, 0.717) is 0 Å². The molecule has 0 saturated carbocycles. The maximum Gasteiger partial charge on any atom is 0.166 e. The van der Waals surface area contributed by atoms with Crippen molar-refractivity contribution >= 4 is 23.1 Å². The zero-order valence-electron chi connectivity index (χ0n) is 9.36. The average Bonchev–Trinajstić information content (AvgIpc) is 2.26. The molecule has 0 aromatic heterocycles. The van der Waals surface area contributed by atoms with Crippen LogP contribution in [0.3, 0.4) is 0 Å². The molecule has 0 unspecified atom stereocenters. The number of Topliss-reactive ketones (excluding diaryl/α,β-unsaturated/α-hetero) is 1. The van der Waals surface area contributed by atoms with Gasteiger partial charge in [0.25, 0.3) is 0 Å². The van der Waals surface area contributed by atoms with Crippen LogP contribution in [0.25, 0.3) is 5.57 Å². The van der Waals surface area contributed by atoms with Gasteiger partial charge in [-0.05, 0) is 17.2 Å². The number of thioether (sulfide) groups is 1. The summed E-state index contributed by atoms with van der Waals surface area (Å²) in [7, 11) is 0. The summed E-state index contributed by atoms with van der Waals surface area (Å²) in [6, 6.07) is 9.82. The molecule has 0 aliphatic rings. The third kappa shape index (κ3) is 3.24. The van der Waals surface area contributed by atoms with Crippen molar-refractivity contribution in [2.75, 3.05) is 6.26 Å². The molecule has 0 bridgehead atoms.